The number of amides is 2. The molecule has 0 radical (unpaired) electrons. The third-order valence-corrected chi connectivity index (χ3v) is 2.96. The second-order valence-electron chi connectivity index (χ2n) is 3.09. The summed E-state index contributed by atoms with van der Waals surface area (Å²) >= 11 is 1.28. The number of thiazole rings is 1. The van der Waals surface area contributed by atoms with Crippen molar-refractivity contribution in [1.29, 1.82) is 0 Å². The van der Waals surface area contributed by atoms with Gasteiger partial charge in [0.1, 0.15) is 13.1 Å². The highest BCUT2D eigenvalue weighted by molar-refractivity contribution is 7.15. The van der Waals surface area contributed by atoms with Crippen LogP contribution in [-0.4, -0.2) is 35.0 Å². The van der Waals surface area contributed by atoms with E-state index in [1.165, 1.54) is 17.5 Å². The number of aliphatic hydroxyl groups is 1. The number of imide groups is 1. The maximum atomic E-state index is 11.1. The largest absolute Gasteiger partial charge is 0.391 e. The van der Waals surface area contributed by atoms with Crippen molar-refractivity contribution in [3.05, 3.63) is 11.1 Å². The highest BCUT2D eigenvalue weighted by atomic mass is 32.1. The van der Waals surface area contributed by atoms with E-state index in [-0.39, 0.29) is 31.5 Å². The molecule has 0 atom stereocenters. The number of aliphatic hydroxyl groups excluding tert-OH is 1. The molecule has 15 heavy (non-hydrogen) atoms. The van der Waals surface area contributed by atoms with Crippen molar-refractivity contribution in [3.63, 3.8) is 0 Å². The Hall–Kier alpha value is -1.47. The Morgan fingerprint density at radius 3 is 2.67 bits per heavy atom. The number of rotatable bonds is 2. The Balaban J connectivity index is 2.15. The molecule has 2 heterocycles. The number of aromatic nitrogens is 1. The first-order valence-corrected chi connectivity index (χ1v) is 5.14. The molecule has 1 aromatic rings. The van der Waals surface area contributed by atoms with E-state index in [4.69, 9.17) is 5.11 Å². The monoisotopic (exact) mass is 227 g/mol. The SMILES string of the molecule is O=C1CN(c2ncc(CO)s2)CC(=O)N1. The fraction of sp³-hybridized carbons (Fsp3) is 0.375. The molecule has 2 rings (SSSR count). The van der Waals surface area contributed by atoms with Gasteiger partial charge in [-0.2, -0.15) is 0 Å². The molecular weight excluding hydrogens is 218 g/mol. The van der Waals surface area contributed by atoms with Crippen LogP contribution in [0.1, 0.15) is 4.88 Å². The molecule has 7 heteroatoms. The molecule has 2 N–H and O–H groups in total. The van der Waals surface area contributed by atoms with Crippen LogP contribution in [0.5, 0.6) is 0 Å². The normalized spacial score (nSPS) is 16.7. The van der Waals surface area contributed by atoms with Gasteiger partial charge in [-0.15, -0.1) is 0 Å². The molecule has 0 unspecified atom stereocenters. The molecule has 6 nitrogen and oxygen atoms in total. The van der Waals surface area contributed by atoms with Gasteiger partial charge < -0.3 is 10.0 Å². The summed E-state index contributed by atoms with van der Waals surface area (Å²) in [6, 6.07) is 0. The van der Waals surface area contributed by atoms with Crippen LogP contribution in [0.4, 0.5) is 5.13 Å². The number of nitrogens with zero attached hydrogens (tertiary/aromatic N) is 2. The molecule has 0 aromatic carbocycles. The van der Waals surface area contributed by atoms with Crippen molar-refractivity contribution >= 4 is 28.3 Å². The van der Waals surface area contributed by atoms with Crippen LogP contribution in [0, 0.1) is 0 Å². The van der Waals surface area contributed by atoms with Crippen molar-refractivity contribution in [2.45, 2.75) is 6.61 Å². The molecule has 1 aliphatic rings. The minimum absolute atomic E-state index is 0.0777. The molecule has 0 aliphatic carbocycles. The lowest BCUT2D eigenvalue weighted by Crippen LogP contribution is -2.51. The Bertz CT molecular complexity index is 388. The van der Waals surface area contributed by atoms with Crippen LogP contribution in [0.15, 0.2) is 6.20 Å². The summed E-state index contributed by atoms with van der Waals surface area (Å²) in [6.07, 6.45) is 1.54. The minimum atomic E-state index is -0.327. The van der Waals surface area contributed by atoms with Crippen molar-refractivity contribution in [2.75, 3.05) is 18.0 Å². The quantitative estimate of drug-likeness (QED) is 0.640. The van der Waals surface area contributed by atoms with Gasteiger partial charge in [-0.1, -0.05) is 11.3 Å². The Kier molecular flexibility index (Phi) is 2.65. The van der Waals surface area contributed by atoms with Gasteiger partial charge in [0.15, 0.2) is 5.13 Å². The van der Waals surface area contributed by atoms with Crippen molar-refractivity contribution in [2.24, 2.45) is 0 Å². The number of carbonyl (C=O) groups is 2. The topological polar surface area (TPSA) is 82.5 Å². The van der Waals surface area contributed by atoms with Gasteiger partial charge in [0.2, 0.25) is 11.8 Å². The third kappa shape index (κ3) is 2.13. The predicted octanol–water partition coefficient (Wildman–Crippen LogP) is -0.902. The highest BCUT2D eigenvalue weighted by Gasteiger charge is 2.24. The number of hydrogen-bond acceptors (Lipinski definition) is 6. The number of anilines is 1. The number of carbonyl (C=O) groups excluding carboxylic acids is 2. The Labute approximate surface area is 89.5 Å². The molecule has 1 saturated heterocycles. The van der Waals surface area contributed by atoms with Crippen LogP contribution < -0.4 is 10.2 Å². The van der Waals surface area contributed by atoms with Gasteiger partial charge in [-0.25, -0.2) is 4.98 Å². The number of piperazine rings is 1. The van der Waals surface area contributed by atoms with E-state index in [2.05, 4.69) is 10.3 Å². The lowest BCUT2D eigenvalue weighted by Gasteiger charge is -2.24. The lowest BCUT2D eigenvalue weighted by atomic mass is 10.4. The first-order valence-electron chi connectivity index (χ1n) is 4.32. The van der Waals surface area contributed by atoms with E-state index in [0.29, 0.717) is 10.0 Å². The van der Waals surface area contributed by atoms with Crippen molar-refractivity contribution < 1.29 is 14.7 Å². The summed E-state index contributed by atoms with van der Waals surface area (Å²) in [5, 5.41) is 11.7. The molecule has 1 fully saturated rings. The summed E-state index contributed by atoms with van der Waals surface area (Å²) < 4.78 is 0. The lowest BCUT2D eigenvalue weighted by molar-refractivity contribution is -0.130. The first-order chi connectivity index (χ1) is 7.19. The average molecular weight is 227 g/mol. The number of nitrogens with one attached hydrogen (secondary N) is 1. The summed E-state index contributed by atoms with van der Waals surface area (Å²) in [5.41, 5.74) is 0. The van der Waals surface area contributed by atoms with Crippen LogP contribution in [0.25, 0.3) is 0 Å². The van der Waals surface area contributed by atoms with Crippen molar-refractivity contribution in [1.82, 2.24) is 10.3 Å². The molecule has 0 bridgehead atoms. The van der Waals surface area contributed by atoms with Crippen LogP contribution in [0.2, 0.25) is 0 Å². The maximum Gasteiger partial charge on any atom is 0.246 e. The second-order valence-corrected chi connectivity index (χ2v) is 4.19. The van der Waals surface area contributed by atoms with E-state index in [1.54, 1.807) is 4.90 Å². The van der Waals surface area contributed by atoms with Crippen LogP contribution in [0.3, 0.4) is 0 Å². The van der Waals surface area contributed by atoms with Gasteiger partial charge in [-0.05, 0) is 0 Å². The fourth-order valence-electron chi connectivity index (χ4n) is 1.29. The summed E-state index contributed by atoms with van der Waals surface area (Å²) in [6.45, 7) is 0.180. The van der Waals surface area contributed by atoms with E-state index in [9.17, 15) is 9.59 Å². The minimum Gasteiger partial charge on any atom is -0.391 e. The van der Waals surface area contributed by atoms with Crippen LogP contribution in [-0.2, 0) is 16.2 Å². The van der Waals surface area contributed by atoms with Gasteiger partial charge in [0, 0.05) is 6.20 Å². The van der Waals surface area contributed by atoms with E-state index in [1.807, 2.05) is 0 Å². The zero-order chi connectivity index (χ0) is 10.8. The van der Waals surface area contributed by atoms with Crippen molar-refractivity contribution in [3.8, 4) is 0 Å². The molecule has 2 amide bonds. The van der Waals surface area contributed by atoms with E-state index < -0.39 is 0 Å². The molecule has 1 aliphatic heterocycles. The predicted molar refractivity (Wildman–Crippen MR) is 53.4 cm³/mol. The second kappa shape index (κ2) is 3.95. The summed E-state index contributed by atoms with van der Waals surface area (Å²) in [7, 11) is 0. The molecule has 1 aromatic heterocycles. The third-order valence-electron chi connectivity index (χ3n) is 1.92. The highest BCUT2D eigenvalue weighted by Crippen LogP contribution is 2.22. The molecular formula is C8H9N3O3S. The maximum absolute atomic E-state index is 11.1. The molecule has 0 spiro atoms. The van der Waals surface area contributed by atoms with Gasteiger partial charge >= 0.3 is 0 Å². The average Bonchev–Trinajstić information content (AvgIpc) is 2.64. The summed E-state index contributed by atoms with van der Waals surface area (Å²) in [5.74, 6) is -0.654. The molecule has 80 valence electrons. The zero-order valence-corrected chi connectivity index (χ0v) is 8.58. The standard InChI is InChI=1S/C8H9N3O3S/c12-4-5-1-9-8(15-5)11-2-6(13)10-7(14)3-11/h1,12H,2-4H2,(H,10,13,14). The van der Waals surface area contributed by atoms with Crippen LogP contribution >= 0.6 is 11.3 Å². The fourth-order valence-corrected chi connectivity index (χ4v) is 2.06. The zero-order valence-electron chi connectivity index (χ0n) is 7.77. The Morgan fingerprint density at radius 1 is 1.47 bits per heavy atom. The number of hydrogen-bond donors (Lipinski definition) is 2. The smallest absolute Gasteiger partial charge is 0.246 e. The van der Waals surface area contributed by atoms with E-state index >= 15 is 0 Å². The van der Waals surface area contributed by atoms with Gasteiger partial charge in [0.25, 0.3) is 0 Å². The van der Waals surface area contributed by atoms with Gasteiger partial charge in [0.05, 0.1) is 11.5 Å². The van der Waals surface area contributed by atoms with Gasteiger partial charge in [-0.3, -0.25) is 14.9 Å². The Morgan fingerprint density at radius 2 is 2.13 bits per heavy atom. The first kappa shape index (κ1) is 10.1. The molecule has 0 saturated carbocycles. The summed E-state index contributed by atoms with van der Waals surface area (Å²) in [4.78, 5) is 28.5. The van der Waals surface area contributed by atoms with E-state index in [0.717, 1.165) is 0 Å².